The molecule has 0 spiro atoms. The maximum atomic E-state index is 13.8. The first-order chi connectivity index (χ1) is 18.7. The second-order valence-corrected chi connectivity index (χ2v) is 10.1. The lowest BCUT2D eigenvalue weighted by atomic mass is 9.98. The third kappa shape index (κ3) is 5.55. The number of ether oxygens (including phenoxy) is 1. The highest BCUT2D eigenvalue weighted by atomic mass is 35.5. The number of aromatic nitrogens is 4. The second kappa shape index (κ2) is 11.0. The van der Waals surface area contributed by atoms with Gasteiger partial charge in [0, 0.05) is 36.5 Å². The minimum atomic E-state index is -4.73. The van der Waals surface area contributed by atoms with Gasteiger partial charge in [0.15, 0.2) is 5.82 Å². The van der Waals surface area contributed by atoms with Gasteiger partial charge in [-0.05, 0) is 52.3 Å². The minimum Gasteiger partial charge on any atom is -0.460 e. The molecule has 0 fully saturated rings. The van der Waals surface area contributed by atoms with Crippen LogP contribution in [0.4, 0.5) is 19.1 Å². The van der Waals surface area contributed by atoms with E-state index in [9.17, 15) is 27.6 Å². The van der Waals surface area contributed by atoms with Gasteiger partial charge in [-0.15, -0.1) is 0 Å². The Morgan fingerprint density at radius 1 is 1.25 bits per heavy atom. The average Bonchev–Trinajstić information content (AvgIpc) is 3.24. The molecule has 1 aliphatic heterocycles. The van der Waals surface area contributed by atoms with E-state index in [1.165, 1.54) is 26.3 Å². The van der Waals surface area contributed by atoms with Crippen molar-refractivity contribution >= 4 is 29.4 Å². The molecule has 1 atom stereocenters. The molecule has 0 saturated heterocycles. The van der Waals surface area contributed by atoms with Crippen LogP contribution in [0.25, 0.3) is 5.82 Å². The Bertz CT molecular complexity index is 1530. The summed E-state index contributed by atoms with van der Waals surface area (Å²) in [5.74, 6) is -0.995. The van der Waals surface area contributed by atoms with Crippen molar-refractivity contribution in [2.75, 3.05) is 11.9 Å². The van der Waals surface area contributed by atoms with Crippen LogP contribution in [0.3, 0.4) is 0 Å². The molecule has 1 N–H and O–H groups in total. The van der Waals surface area contributed by atoms with Crippen LogP contribution < -0.4 is 10.9 Å². The number of alkyl halides is 3. The van der Waals surface area contributed by atoms with E-state index in [4.69, 9.17) is 16.3 Å². The minimum absolute atomic E-state index is 0.00305. The standard InChI is InChI=1S/C26H28ClF3N6O4/c1-6-40-24(39)21-33-20(12-34(21)5)36-23(38)16-9-14(4)35(11-19(16)32-25(36)31-13(2)3)22(37)15-7-8-18(27)17(10-15)26(28,29)30/h7-8,10,12-14H,6,9,11H2,1-5H3,(H,31,32)/t14-/m1/s1. The van der Waals surface area contributed by atoms with E-state index in [1.54, 1.807) is 20.9 Å². The summed E-state index contributed by atoms with van der Waals surface area (Å²) in [6.45, 7) is 7.11. The lowest BCUT2D eigenvalue weighted by Gasteiger charge is -2.34. The molecule has 0 aliphatic carbocycles. The van der Waals surface area contributed by atoms with E-state index in [-0.39, 0.29) is 48.8 Å². The molecule has 14 heteroatoms. The highest BCUT2D eigenvalue weighted by molar-refractivity contribution is 6.31. The number of imidazole rings is 1. The van der Waals surface area contributed by atoms with Gasteiger partial charge in [0.25, 0.3) is 11.5 Å². The van der Waals surface area contributed by atoms with Crippen LogP contribution in [0.2, 0.25) is 5.02 Å². The van der Waals surface area contributed by atoms with Crippen LogP contribution >= 0.6 is 11.6 Å². The van der Waals surface area contributed by atoms with Crippen LogP contribution in [0.15, 0.2) is 29.2 Å². The second-order valence-electron chi connectivity index (χ2n) is 9.73. The summed E-state index contributed by atoms with van der Waals surface area (Å²) < 4.78 is 47.9. The van der Waals surface area contributed by atoms with Crippen LogP contribution in [-0.2, 0) is 30.9 Å². The molecule has 214 valence electrons. The smallest absolute Gasteiger partial charge is 0.417 e. The maximum Gasteiger partial charge on any atom is 0.417 e. The Kier molecular flexibility index (Phi) is 7.97. The molecule has 1 aromatic carbocycles. The summed E-state index contributed by atoms with van der Waals surface area (Å²) >= 11 is 5.72. The van der Waals surface area contributed by atoms with Crippen molar-refractivity contribution in [3.05, 3.63) is 68.0 Å². The molecular weight excluding hydrogens is 553 g/mol. The summed E-state index contributed by atoms with van der Waals surface area (Å²) in [4.78, 5) is 49.8. The average molecular weight is 581 g/mol. The van der Waals surface area contributed by atoms with E-state index in [0.29, 0.717) is 11.3 Å². The number of nitrogens with one attached hydrogen (secondary N) is 1. The monoisotopic (exact) mass is 580 g/mol. The highest BCUT2D eigenvalue weighted by Crippen LogP contribution is 2.36. The highest BCUT2D eigenvalue weighted by Gasteiger charge is 2.36. The van der Waals surface area contributed by atoms with Gasteiger partial charge in [-0.3, -0.25) is 9.59 Å². The molecule has 1 aliphatic rings. The molecule has 3 aromatic rings. The number of hydrogen-bond acceptors (Lipinski definition) is 7. The van der Waals surface area contributed by atoms with Gasteiger partial charge < -0.3 is 19.5 Å². The van der Waals surface area contributed by atoms with Gasteiger partial charge in [0.05, 0.1) is 29.4 Å². The normalized spacial score (nSPS) is 15.2. The van der Waals surface area contributed by atoms with E-state index in [2.05, 4.69) is 15.3 Å². The van der Waals surface area contributed by atoms with Crippen molar-refractivity contribution in [1.29, 1.82) is 0 Å². The van der Waals surface area contributed by atoms with Gasteiger partial charge in [-0.2, -0.15) is 13.2 Å². The third-order valence-electron chi connectivity index (χ3n) is 6.36. The fraction of sp³-hybridized carbons (Fsp3) is 0.423. The summed E-state index contributed by atoms with van der Waals surface area (Å²) in [7, 11) is 1.60. The van der Waals surface area contributed by atoms with E-state index >= 15 is 0 Å². The summed E-state index contributed by atoms with van der Waals surface area (Å²) in [5, 5.41) is 2.60. The number of aryl methyl sites for hydroxylation is 1. The number of esters is 1. The van der Waals surface area contributed by atoms with E-state index < -0.39 is 40.2 Å². The Hall–Kier alpha value is -3.87. The van der Waals surface area contributed by atoms with Crippen molar-refractivity contribution in [2.24, 2.45) is 7.05 Å². The van der Waals surface area contributed by atoms with Gasteiger partial charge in [0.1, 0.15) is 0 Å². The number of rotatable bonds is 6. The van der Waals surface area contributed by atoms with Crippen LogP contribution in [0.5, 0.6) is 0 Å². The number of carbonyl (C=O) groups excluding carboxylic acids is 2. The van der Waals surface area contributed by atoms with Crippen molar-refractivity contribution in [1.82, 2.24) is 24.0 Å². The summed E-state index contributed by atoms with van der Waals surface area (Å²) in [6, 6.07) is 2.32. The number of benzene rings is 1. The Morgan fingerprint density at radius 2 is 1.95 bits per heavy atom. The molecule has 3 heterocycles. The number of carbonyl (C=O) groups is 2. The molecule has 2 aromatic heterocycles. The first-order valence-corrected chi connectivity index (χ1v) is 12.9. The molecule has 10 nitrogen and oxygen atoms in total. The molecule has 0 radical (unpaired) electrons. The van der Waals surface area contributed by atoms with Crippen molar-refractivity contribution in [3.8, 4) is 5.82 Å². The number of fused-ring (bicyclic) bond motifs is 1. The fourth-order valence-corrected chi connectivity index (χ4v) is 4.71. The van der Waals surface area contributed by atoms with Crippen molar-refractivity contribution in [2.45, 2.75) is 58.9 Å². The predicted molar refractivity (Wildman–Crippen MR) is 141 cm³/mol. The fourth-order valence-electron chi connectivity index (χ4n) is 4.48. The zero-order valence-electron chi connectivity index (χ0n) is 22.5. The van der Waals surface area contributed by atoms with Gasteiger partial charge in [-0.1, -0.05) is 11.6 Å². The third-order valence-corrected chi connectivity index (χ3v) is 6.69. The number of halogens is 4. The predicted octanol–water partition coefficient (Wildman–Crippen LogP) is 4.22. The van der Waals surface area contributed by atoms with Gasteiger partial charge in [-0.25, -0.2) is 19.3 Å². The van der Waals surface area contributed by atoms with Gasteiger partial charge in [0.2, 0.25) is 11.8 Å². The molecule has 0 saturated carbocycles. The molecule has 0 bridgehead atoms. The number of nitrogens with zero attached hydrogens (tertiary/aromatic N) is 5. The summed E-state index contributed by atoms with van der Waals surface area (Å²) in [6.07, 6.45) is -3.11. The molecule has 0 unspecified atom stereocenters. The molecule has 4 rings (SSSR count). The topological polar surface area (TPSA) is 111 Å². The molecular formula is C26H28ClF3N6O4. The Balaban J connectivity index is 1.77. The maximum absolute atomic E-state index is 13.8. The van der Waals surface area contributed by atoms with E-state index in [0.717, 1.165) is 12.1 Å². The van der Waals surface area contributed by atoms with Crippen LogP contribution in [0.1, 0.15) is 65.5 Å². The molecule has 40 heavy (non-hydrogen) atoms. The van der Waals surface area contributed by atoms with Gasteiger partial charge >= 0.3 is 12.1 Å². The zero-order chi connectivity index (χ0) is 29.5. The zero-order valence-corrected chi connectivity index (χ0v) is 23.2. The largest absolute Gasteiger partial charge is 0.460 e. The number of hydrogen-bond donors (Lipinski definition) is 1. The lowest BCUT2D eigenvalue weighted by molar-refractivity contribution is -0.137. The van der Waals surface area contributed by atoms with Crippen molar-refractivity contribution in [3.63, 3.8) is 0 Å². The number of amides is 1. The molecule has 1 amide bonds. The number of anilines is 1. The first kappa shape index (κ1) is 29.1. The van der Waals surface area contributed by atoms with Crippen LogP contribution in [-0.4, -0.2) is 54.6 Å². The quantitative estimate of drug-likeness (QED) is 0.435. The first-order valence-electron chi connectivity index (χ1n) is 12.5. The van der Waals surface area contributed by atoms with Crippen molar-refractivity contribution < 1.29 is 27.5 Å². The SMILES string of the molecule is CCOC(=O)c1nc(-n2c(NC(C)C)nc3c(c2=O)C[C@@H](C)N(C(=O)c2ccc(Cl)c(C(F)(F)F)c2)C3)cn1C. The van der Waals surface area contributed by atoms with E-state index in [1.807, 2.05) is 13.8 Å². The summed E-state index contributed by atoms with van der Waals surface area (Å²) in [5.41, 5.74) is -1.08. The Labute approximate surface area is 232 Å². The lowest BCUT2D eigenvalue weighted by Crippen LogP contribution is -2.46. The Morgan fingerprint density at radius 3 is 2.58 bits per heavy atom. The van der Waals surface area contributed by atoms with Crippen LogP contribution in [0, 0.1) is 0 Å².